The lowest BCUT2D eigenvalue weighted by Crippen LogP contribution is -2.26. The number of rotatable bonds is 8. The van der Waals surface area contributed by atoms with Crippen LogP contribution < -0.4 is 10.1 Å². The van der Waals surface area contributed by atoms with Crippen LogP contribution in [0.25, 0.3) is 0 Å². The van der Waals surface area contributed by atoms with Crippen LogP contribution in [0.3, 0.4) is 0 Å². The van der Waals surface area contributed by atoms with Gasteiger partial charge in [0.15, 0.2) is 0 Å². The van der Waals surface area contributed by atoms with Crippen molar-refractivity contribution in [2.45, 2.75) is 11.4 Å². The first-order valence-electron chi connectivity index (χ1n) is 9.46. The number of hydrogen-bond donors (Lipinski definition) is 1. The van der Waals surface area contributed by atoms with E-state index in [9.17, 15) is 23.3 Å². The number of amides is 1. The highest BCUT2D eigenvalue weighted by molar-refractivity contribution is 7.89. The van der Waals surface area contributed by atoms with Crippen molar-refractivity contribution in [3.63, 3.8) is 0 Å². The molecule has 3 aromatic carbocycles. The van der Waals surface area contributed by atoms with Gasteiger partial charge in [0.2, 0.25) is 10.0 Å². The molecule has 0 saturated heterocycles. The van der Waals surface area contributed by atoms with Crippen LogP contribution in [0.15, 0.2) is 77.7 Å². The van der Waals surface area contributed by atoms with Crippen molar-refractivity contribution in [2.24, 2.45) is 0 Å². The van der Waals surface area contributed by atoms with E-state index in [1.54, 1.807) is 0 Å². The van der Waals surface area contributed by atoms with Crippen LogP contribution in [0.1, 0.15) is 15.9 Å². The maximum atomic E-state index is 12.8. The second-order valence-electron chi connectivity index (χ2n) is 6.87. The Morgan fingerprint density at radius 2 is 1.72 bits per heavy atom. The SMILES string of the molecule is COc1cc([N+](=O)[O-])ccc1NC(=O)c1ccc(S(=O)(=O)N(C)Cc2ccccc2)cc1. The van der Waals surface area contributed by atoms with E-state index in [2.05, 4.69) is 5.32 Å². The zero-order chi connectivity index (χ0) is 23.3. The number of nitro groups is 1. The monoisotopic (exact) mass is 455 g/mol. The Labute approximate surface area is 185 Å². The van der Waals surface area contributed by atoms with Gasteiger partial charge in [0.05, 0.1) is 28.7 Å². The smallest absolute Gasteiger partial charge is 0.273 e. The number of non-ortho nitro benzene ring substituents is 1. The largest absolute Gasteiger partial charge is 0.494 e. The summed E-state index contributed by atoms with van der Waals surface area (Å²) in [7, 11) is -0.921. The van der Waals surface area contributed by atoms with Gasteiger partial charge in [-0.05, 0) is 35.9 Å². The predicted octanol–water partition coefficient (Wildman–Crippen LogP) is 3.68. The number of nitro benzene ring substituents is 1. The van der Waals surface area contributed by atoms with E-state index in [0.717, 1.165) is 5.56 Å². The molecular weight excluding hydrogens is 434 g/mol. The Morgan fingerprint density at radius 1 is 1.06 bits per heavy atom. The Bertz CT molecular complexity index is 1230. The molecular formula is C22H21N3O6S. The van der Waals surface area contributed by atoms with Crippen molar-refractivity contribution in [3.05, 3.63) is 94.0 Å². The number of ether oxygens (including phenoxy) is 1. The highest BCUT2D eigenvalue weighted by Gasteiger charge is 2.21. The Balaban J connectivity index is 1.75. The first-order valence-corrected chi connectivity index (χ1v) is 10.9. The third-order valence-electron chi connectivity index (χ3n) is 4.72. The topological polar surface area (TPSA) is 119 Å². The standard InChI is InChI=1S/C22H21N3O6S/c1-24(15-16-6-4-3-5-7-16)32(29,30)19-11-8-17(9-12-19)22(26)23-20-13-10-18(25(27)28)14-21(20)31-2/h3-14H,15H2,1-2H3,(H,23,26). The number of sulfonamides is 1. The van der Waals surface area contributed by atoms with Crippen LogP contribution in [0, 0.1) is 10.1 Å². The molecule has 0 atom stereocenters. The Hall–Kier alpha value is -3.76. The van der Waals surface area contributed by atoms with Crippen LogP contribution in [0.5, 0.6) is 5.75 Å². The number of carbonyl (C=O) groups excluding carboxylic acids is 1. The summed E-state index contributed by atoms with van der Waals surface area (Å²) in [5.41, 5.74) is 1.15. The van der Waals surface area contributed by atoms with Gasteiger partial charge in [0, 0.05) is 25.2 Å². The minimum absolute atomic E-state index is 0.0559. The number of hydrogen-bond acceptors (Lipinski definition) is 6. The van der Waals surface area contributed by atoms with Crippen molar-refractivity contribution in [3.8, 4) is 5.75 Å². The van der Waals surface area contributed by atoms with Gasteiger partial charge in [-0.1, -0.05) is 30.3 Å². The second kappa shape index (κ2) is 9.58. The number of anilines is 1. The zero-order valence-corrected chi connectivity index (χ0v) is 18.2. The van der Waals surface area contributed by atoms with Crippen LogP contribution >= 0.6 is 0 Å². The summed E-state index contributed by atoms with van der Waals surface area (Å²) in [4.78, 5) is 23.0. The first-order chi connectivity index (χ1) is 15.2. The summed E-state index contributed by atoms with van der Waals surface area (Å²) >= 11 is 0. The van der Waals surface area contributed by atoms with E-state index in [1.165, 1.54) is 60.9 Å². The van der Waals surface area contributed by atoms with Crippen molar-refractivity contribution >= 4 is 27.3 Å². The quantitative estimate of drug-likeness (QED) is 0.409. The van der Waals surface area contributed by atoms with Gasteiger partial charge in [0.25, 0.3) is 11.6 Å². The van der Waals surface area contributed by atoms with Gasteiger partial charge in [-0.15, -0.1) is 0 Å². The molecule has 0 radical (unpaired) electrons. The van der Waals surface area contributed by atoms with E-state index in [-0.39, 0.29) is 34.1 Å². The normalized spacial score (nSPS) is 11.2. The fraction of sp³-hybridized carbons (Fsp3) is 0.136. The zero-order valence-electron chi connectivity index (χ0n) is 17.4. The number of nitrogens with one attached hydrogen (secondary N) is 1. The van der Waals surface area contributed by atoms with Crippen LogP contribution in [-0.4, -0.2) is 37.7 Å². The molecule has 1 amide bonds. The molecule has 166 valence electrons. The molecule has 3 aromatic rings. The maximum absolute atomic E-state index is 12.8. The molecule has 10 heteroatoms. The van der Waals surface area contributed by atoms with Crippen molar-refractivity contribution in [1.29, 1.82) is 0 Å². The van der Waals surface area contributed by atoms with Crippen LogP contribution in [0.4, 0.5) is 11.4 Å². The summed E-state index contributed by atoms with van der Waals surface area (Å²) < 4.78 is 32.0. The highest BCUT2D eigenvalue weighted by atomic mass is 32.2. The van der Waals surface area contributed by atoms with Gasteiger partial charge < -0.3 is 10.1 Å². The third-order valence-corrected chi connectivity index (χ3v) is 6.53. The summed E-state index contributed by atoms with van der Waals surface area (Å²) in [6.45, 7) is 0.214. The predicted molar refractivity (Wildman–Crippen MR) is 119 cm³/mol. The maximum Gasteiger partial charge on any atom is 0.273 e. The fourth-order valence-electron chi connectivity index (χ4n) is 2.97. The summed E-state index contributed by atoms with van der Waals surface area (Å²) in [6.07, 6.45) is 0. The second-order valence-corrected chi connectivity index (χ2v) is 8.91. The van der Waals surface area contributed by atoms with Crippen LogP contribution in [-0.2, 0) is 16.6 Å². The molecule has 3 rings (SSSR count). The molecule has 1 N–H and O–H groups in total. The van der Waals surface area contributed by atoms with E-state index in [4.69, 9.17) is 4.74 Å². The molecule has 9 nitrogen and oxygen atoms in total. The van der Waals surface area contributed by atoms with Crippen molar-refractivity contribution in [1.82, 2.24) is 4.31 Å². The lowest BCUT2D eigenvalue weighted by atomic mass is 10.2. The van der Waals surface area contributed by atoms with Crippen molar-refractivity contribution in [2.75, 3.05) is 19.5 Å². The molecule has 0 heterocycles. The van der Waals surface area contributed by atoms with E-state index < -0.39 is 20.9 Å². The molecule has 0 aliphatic carbocycles. The number of carbonyl (C=O) groups is 1. The van der Waals surface area contributed by atoms with Gasteiger partial charge in [-0.3, -0.25) is 14.9 Å². The minimum Gasteiger partial charge on any atom is -0.494 e. The fourth-order valence-corrected chi connectivity index (χ4v) is 4.13. The number of methoxy groups -OCH3 is 1. The molecule has 0 aliphatic rings. The first kappa shape index (κ1) is 22.9. The summed E-state index contributed by atoms with van der Waals surface area (Å²) in [5, 5.41) is 13.5. The average Bonchev–Trinajstić information content (AvgIpc) is 2.79. The molecule has 0 fully saturated rings. The molecule has 0 saturated carbocycles. The molecule has 32 heavy (non-hydrogen) atoms. The Kier molecular flexibility index (Phi) is 6.86. The van der Waals surface area contributed by atoms with Gasteiger partial charge in [-0.2, -0.15) is 4.31 Å². The average molecular weight is 455 g/mol. The Morgan fingerprint density at radius 3 is 2.31 bits per heavy atom. The van der Waals surface area contributed by atoms with E-state index in [1.807, 2.05) is 30.3 Å². The van der Waals surface area contributed by atoms with Gasteiger partial charge in [-0.25, -0.2) is 8.42 Å². The van der Waals surface area contributed by atoms with Gasteiger partial charge >= 0.3 is 0 Å². The highest BCUT2D eigenvalue weighted by Crippen LogP contribution is 2.29. The molecule has 0 aliphatic heterocycles. The van der Waals surface area contributed by atoms with Gasteiger partial charge in [0.1, 0.15) is 5.75 Å². The third kappa shape index (κ3) is 5.10. The molecule has 0 unspecified atom stereocenters. The number of benzene rings is 3. The number of nitrogens with zero attached hydrogens (tertiary/aromatic N) is 2. The van der Waals surface area contributed by atoms with E-state index >= 15 is 0 Å². The summed E-state index contributed by atoms with van der Waals surface area (Å²) in [6, 6.07) is 18.5. The van der Waals surface area contributed by atoms with E-state index in [0.29, 0.717) is 0 Å². The van der Waals surface area contributed by atoms with Crippen LogP contribution in [0.2, 0.25) is 0 Å². The lowest BCUT2D eigenvalue weighted by molar-refractivity contribution is -0.384. The molecule has 0 bridgehead atoms. The molecule has 0 aromatic heterocycles. The lowest BCUT2D eigenvalue weighted by Gasteiger charge is -2.17. The summed E-state index contributed by atoms with van der Waals surface area (Å²) in [5.74, 6) is -0.381. The van der Waals surface area contributed by atoms with Crippen molar-refractivity contribution < 1.29 is 22.9 Å². The minimum atomic E-state index is -3.74. The molecule has 0 spiro atoms.